The van der Waals surface area contributed by atoms with Crippen molar-refractivity contribution in [3.05, 3.63) is 0 Å². The average Bonchev–Trinajstić information content (AvgIpc) is 3.60. The quantitative estimate of drug-likeness (QED) is 0.389. The number of hydrogen-bond donors (Lipinski definition) is 0. The van der Waals surface area contributed by atoms with Crippen LogP contribution in [-0.2, 0) is 18.9 Å². The first kappa shape index (κ1) is 23.0. The van der Waals surface area contributed by atoms with Crippen LogP contribution in [0.2, 0.25) is 0 Å². The van der Waals surface area contributed by atoms with Gasteiger partial charge in [-0.05, 0) is 114 Å². The summed E-state index contributed by atoms with van der Waals surface area (Å²) in [5, 5.41) is 0. The standard InChI is InChI=1S/2C15H24O2/c2*1-13(2)7-6-10-15(4,16-10)9-5-8-14(3)12(17-14)11(9)13/h2*9-12H,5-8H2,1-4H3/t2*9-,10-,11-,12+,14-,15+/m11/s1. The molecule has 0 aromatic carbocycles. The van der Waals surface area contributed by atoms with E-state index < -0.39 is 0 Å². The Balaban J connectivity index is 0.000000118. The van der Waals surface area contributed by atoms with Crippen LogP contribution in [0.25, 0.3) is 0 Å². The number of rotatable bonds is 0. The molecule has 12 atom stereocenters. The van der Waals surface area contributed by atoms with Gasteiger partial charge in [0.1, 0.15) is 0 Å². The van der Waals surface area contributed by atoms with Gasteiger partial charge in [-0.25, -0.2) is 0 Å². The lowest BCUT2D eigenvalue weighted by atomic mass is 9.60. The van der Waals surface area contributed by atoms with Crippen LogP contribution >= 0.6 is 0 Å². The van der Waals surface area contributed by atoms with E-state index in [0.29, 0.717) is 47.1 Å². The molecule has 4 heterocycles. The molecule has 0 spiro atoms. The third-order valence-electron chi connectivity index (χ3n) is 12.6. The number of epoxide rings is 4. The maximum Gasteiger partial charge on any atom is 0.0952 e. The summed E-state index contributed by atoms with van der Waals surface area (Å²) in [4.78, 5) is 0. The zero-order chi connectivity index (χ0) is 24.1. The Morgan fingerprint density at radius 1 is 0.471 bits per heavy atom. The van der Waals surface area contributed by atoms with Gasteiger partial charge in [0.05, 0.1) is 46.8 Å². The molecule has 8 fully saturated rings. The summed E-state index contributed by atoms with van der Waals surface area (Å²) < 4.78 is 24.3. The molecule has 4 aliphatic heterocycles. The van der Waals surface area contributed by atoms with Crippen LogP contribution in [0.4, 0.5) is 0 Å². The van der Waals surface area contributed by atoms with Gasteiger partial charge in [-0.15, -0.1) is 0 Å². The molecule has 34 heavy (non-hydrogen) atoms. The van der Waals surface area contributed by atoms with E-state index in [1.165, 1.54) is 51.4 Å². The Labute approximate surface area is 207 Å². The maximum atomic E-state index is 6.08. The summed E-state index contributed by atoms with van der Waals surface area (Å²) in [7, 11) is 0. The van der Waals surface area contributed by atoms with E-state index >= 15 is 0 Å². The van der Waals surface area contributed by atoms with E-state index in [0.717, 1.165) is 11.8 Å². The topological polar surface area (TPSA) is 50.1 Å². The van der Waals surface area contributed by atoms with Gasteiger partial charge in [-0.3, -0.25) is 0 Å². The summed E-state index contributed by atoms with van der Waals surface area (Å²) >= 11 is 0. The molecule has 4 saturated carbocycles. The van der Waals surface area contributed by atoms with Gasteiger partial charge in [-0.1, -0.05) is 27.7 Å². The third-order valence-corrected chi connectivity index (χ3v) is 12.6. The number of hydrogen-bond acceptors (Lipinski definition) is 4. The van der Waals surface area contributed by atoms with Crippen LogP contribution in [0, 0.1) is 34.5 Å². The molecule has 4 aliphatic carbocycles. The van der Waals surface area contributed by atoms with Gasteiger partial charge < -0.3 is 18.9 Å². The molecule has 4 heteroatoms. The van der Waals surface area contributed by atoms with Crippen molar-refractivity contribution in [3.63, 3.8) is 0 Å². The number of fused-ring (bicyclic) bond motifs is 10. The van der Waals surface area contributed by atoms with Crippen molar-refractivity contribution in [2.24, 2.45) is 34.5 Å². The Kier molecular flexibility index (Phi) is 4.36. The zero-order valence-electron chi connectivity index (χ0n) is 22.9. The van der Waals surface area contributed by atoms with Gasteiger partial charge >= 0.3 is 0 Å². The SMILES string of the molecule is CC1(C)CC[C@H]2O[C@@]2(C)[C@@H]2CC[C@@]3(C)O[C@H]3[C@@H]21.CC1(C)CC[C@H]2O[C@@]2(C)[C@@H]2CC[C@@]3(C)O[C@H]3[C@@H]21. The molecule has 0 N–H and O–H groups in total. The molecule has 4 nitrogen and oxygen atoms in total. The van der Waals surface area contributed by atoms with Crippen LogP contribution in [0.1, 0.15) is 107 Å². The van der Waals surface area contributed by atoms with Gasteiger partial charge in [0.2, 0.25) is 0 Å². The van der Waals surface area contributed by atoms with Crippen molar-refractivity contribution < 1.29 is 18.9 Å². The lowest BCUT2D eigenvalue weighted by Gasteiger charge is -2.42. The molecule has 0 amide bonds. The fourth-order valence-electron chi connectivity index (χ4n) is 9.91. The van der Waals surface area contributed by atoms with Gasteiger partial charge in [0.15, 0.2) is 0 Å². The molecule has 0 unspecified atom stereocenters. The summed E-state index contributed by atoms with van der Waals surface area (Å²) in [5.74, 6) is 2.87. The van der Waals surface area contributed by atoms with Crippen LogP contribution in [0.15, 0.2) is 0 Å². The van der Waals surface area contributed by atoms with Gasteiger partial charge in [-0.2, -0.15) is 0 Å². The van der Waals surface area contributed by atoms with Crippen molar-refractivity contribution in [3.8, 4) is 0 Å². The summed E-state index contributed by atoms with van der Waals surface area (Å²) in [6.45, 7) is 19.1. The number of ether oxygens (including phenoxy) is 4. The molecule has 4 saturated heterocycles. The van der Waals surface area contributed by atoms with Crippen molar-refractivity contribution >= 4 is 0 Å². The van der Waals surface area contributed by atoms with Gasteiger partial charge in [0.25, 0.3) is 0 Å². The Hall–Kier alpha value is -0.160. The molecular weight excluding hydrogens is 424 g/mol. The van der Waals surface area contributed by atoms with Crippen LogP contribution in [0.3, 0.4) is 0 Å². The predicted octanol–water partition coefficient (Wildman–Crippen LogP) is 6.30. The van der Waals surface area contributed by atoms with E-state index in [4.69, 9.17) is 18.9 Å². The molecule has 192 valence electrons. The zero-order valence-corrected chi connectivity index (χ0v) is 22.9. The van der Waals surface area contributed by atoms with E-state index in [1.807, 2.05) is 0 Å². The Morgan fingerprint density at radius 3 is 1.24 bits per heavy atom. The van der Waals surface area contributed by atoms with Crippen molar-refractivity contribution in [2.75, 3.05) is 0 Å². The first-order valence-electron chi connectivity index (χ1n) is 14.4. The minimum Gasteiger partial charge on any atom is -0.366 e. The second kappa shape index (κ2) is 6.45. The Morgan fingerprint density at radius 2 is 0.853 bits per heavy atom. The predicted molar refractivity (Wildman–Crippen MR) is 132 cm³/mol. The van der Waals surface area contributed by atoms with E-state index in [2.05, 4.69) is 55.4 Å². The van der Waals surface area contributed by atoms with Crippen LogP contribution in [-0.4, -0.2) is 46.8 Å². The highest BCUT2D eigenvalue weighted by atomic mass is 16.6. The molecule has 8 aliphatic rings. The lowest BCUT2D eigenvalue weighted by Crippen LogP contribution is -2.45. The van der Waals surface area contributed by atoms with Crippen molar-refractivity contribution in [1.29, 1.82) is 0 Å². The minimum atomic E-state index is 0.186. The highest BCUT2D eigenvalue weighted by Gasteiger charge is 2.73. The molecule has 0 bridgehead atoms. The highest BCUT2D eigenvalue weighted by Crippen LogP contribution is 2.68. The molecule has 0 aromatic heterocycles. The summed E-state index contributed by atoms with van der Waals surface area (Å²) in [5.41, 5.74) is 1.64. The third kappa shape index (κ3) is 3.04. The maximum absolute atomic E-state index is 6.08. The largest absolute Gasteiger partial charge is 0.366 e. The minimum absolute atomic E-state index is 0.186. The first-order valence-corrected chi connectivity index (χ1v) is 14.4. The average molecular weight is 473 g/mol. The molecule has 0 aromatic rings. The molecule has 0 radical (unpaired) electrons. The van der Waals surface area contributed by atoms with Gasteiger partial charge in [0, 0.05) is 0 Å². The Bertz CT molecular complexity index is 826. The van der Waals surface area contributed by atoms with E-state index in [1.54, 1.807) is 0 Å². The lowest BCUT2D eigenvalue weighted by molar-refractivity contribution is 0.0355. The normalized spacial score (nSPS) is 62.8. The van der Waals surface area contributed by atoms with Crippen molar-refractivity contribution in [1.82, 2.24) is 0 Å². The smallest absolute Gasteiger partial charge is 0.0952 e. The summed E-state index contributed by atoms with van der Waals surface area (Å²) in [6.07, 6.45) is 12.3. The second-order valence-corrected chi connectivity index (χ2v) is 15.7. The fourth-order valence-corrected chi connectivity index (χ4v) is 9.91. The van der Waals surface area contributed by atoms with Crippen LogP contribution < -0.4 is 0 Å². The summed E-state index contributed by atoms with van der Waals surface area (Å²) in [6, 6.07) is 0. The van der Waals surface area contributed by atoms with Crippen LogP contribution in [0.5, 0.6) is 0 Å². The first-order chi connectivity index (χ1) is 15.7. The molecular formula is C30H48O4. The van der Waals surface area contributed by atoms with Crippen molar-refractivity contribution in [2.45, 2.75) is 154 Å². The van der Waals surface area contributed by atoms with E-state index in [9.17, 15) is 0 Å². The van der Waals surface area contributed by atoms with E-state index in [-0.39, 0.29) is 22.4 Å². The second-order valence-electron chi connectivity index (χ2n) is 15.7. The monoisotopic (exact) mass is 472 g/mol. The fraction of sp³-hybridized carbons (Fsp3) is 1.00. The molecule has 8 rings (SSSR count). The highest BCUT2D eigenvalue weighted by molar-refractivity contribution is 5.21.